The summed E-state index contributed by atoms with van der Waals surface area (Å²) in [5.41, 5.74) is 4.11. The fourth-order valence-electron chi connectivity index (χ4n) is 3.33. The third-order valence-electron chi connectivity index (χ3n) is 4.70. The van der Waals surface area contributed by atoms with Gasteiger partial charge >= 0.3 is 0 Å². The molecule has 0 radical (unpaired) electrons. The van der Waals surface area contributed by atoms with Gasteiger partial charge in [0.05, 0.1) is 5.52 Å². The molecule has 5 rings (SSSR count). The summed E-state index contributed by atoms with van der Waals surface area (Å²) in [6.07, 6.45) is 9.61. The molecule has 5 heterocycles. The van der Waals surface area contributed by atoms with Gasteiger partial charge in [-0.05, 0) is 36.6 Å². The van der Waals surface area contributed by atoms with Crippen LogP contribution in [0.2, 0.25) is 0 Å². The van der Waals surface area contributed by atoms with E-state index in [1.54, 1.807) is 6.20 Å². The number of rotatable bonds is 3. The lowest BCUT2D eigenvalue weighted by molar-refractivity contribution is 0.0903. The summed E-state index contributed by atoms with van der Waals surface area (Å²) in [5.74, 6) is 0.666. The molecule has 1 aliphatic rings. The zero-order chi connectivity index (χ0) is 16.6. The number of pyridine rings is 1. The molecular weight excluding hydrogens is 316 g/mol. The second-order valence-electron chi connectivity index (χ2n) is 6.31. The Morgan fingerprint density at radius 3 is 3.08 bits per heavy atom. The largest absolute Gasteiger partial charge is 0.381 e. The molecule has 0 spiro atoms. The third-order valence-corrected chi connectivity index (χ3v) is 4.70. The maximum atomic E-state index is 5.39. The van der Waals surface area contributed by atoms with E-state index in [0.717, 1.165) is 53.7 Å². The summed E-state index contributed by atoms with van der Waals surface area (Å²) < 4.78 is 7.24. The number of hydrogen-bond donors (Lipinski definition) is 2. The summed E-state index contributed by atoms with van der Waals surface area (Å²) in [6.45, 7) is 1.59. The van der Waals surface area contributed by atoms with Crippen LogP contribution in [-0.4, -0.2) is 43.8 Å². The molecule has 126 valence electrons. The van der Waals surface area contributed by atoms with Gasteiger partial charge in [0.2, 0.25) is 5.95 Å². The normalized spacial score (nSPS) is 15.8. The van der Waals surface area contributed by atoms with Gasteiger partial charge in [0, 0.05) is 55.0 Å². The molecule has 25 heavy (non-hydrogen) atoms. The molecule has 1 fully saturated rings. The third kappa shape index (κ3) is 2.62. The van der Waals surface area contributed by atoms with Crippen molar-refractivity contribution in [2.75, 3.05) is 18.5 Å². The molecule has 7 nitrogen and oxygen atoms in total. The van der Waals surface area contributed by atoms with E-state index < -0.39 is 0 Å². The maximum absolute atomic E-state index is 5.39. The Labute approximate surface area is 144 Å². The average molecular weight is 334 g/mol. The number of nitrogens with zero attached hydrogens (tertiary/aromatic N) is 4. The van der Waals surface area contributed by atoms with E-state index in [1.807, 2.05) is 29.2 Å². The standard InChI is InChI=1S/C18H18N6O/c1-5-21-24-6-2-12(9-14(1)24)15-10-19-17-16(15)11-20-18(23-17)22-13-3-7-25-8-4-13/h1-2,5-6,9-11,13H,3-4,7-8H2,(H2,19,20,22,23). The van der Waals surface area contributed by atoms with E-state index in [2.05, 4.69) is 37.5 Å². The molecule has 0 unspecified atom stereocenters. The first-order valence-electron chi connectivity index (χ1n) is 8.49. The lowest BCUT2D eigenvalue weighted by Crippen LogP contribution is -2.28. The smallest absolute Gasteiger partial charge is 0.224 e. The van der Waals surface area contributed by atoms with Crippen LogP contribution in [0.25, 0.3) is 27.7 Å². The van der Waals surface area contributed by atoms with Crippen LogP contribution in [0.3, 0.4) is 0 Å². The van der Waals surface area contributed by atoms with Crippen LogP contribution < -0.4 is 5.32 Å². The van der Waals surface area contributed by atoms with Crippen LogP contribution in [0.4, 0.5) is 5.95 Å². The summed E-state index contributed by atoms with van der Waals surface area (Å²) in [4.78, 5) is 12.4. The van der Waals surface area contributed by atoms with Crippen molar-refractivity contribution in [1.82, 2.24) is 24.6 Å². The Morgan fingerprint density at radius 1 is 1.24 bits per heavy atom. The van der Waals surface area contributed by atoms with Gasteiger partial charge in [0.25, 0.3) is 0 Å². The zero-order valence-corrected chi connectivity index (χ0v) is 13.6. The molecule has 4 aromatic heterocycles. The number of anilines is 1. The number of nitrogens with one attached hydrogen (secondary N) is 2. The van der Waals surface area contributed by atoms with Gasteiger partial charge in [-0.15, -0.1) is 0 Å². The highest BCUT2D eigenvalue weighted by Gasteiger charge is 2.15. The van der Waals surface area contributed by atoms with E-state index in [0.29, 0.717) is 12.0 Å². The van der Waals surface area contributed by atoms with Crippen LogP contribution in [0.1, 0.15) is 12.8 Å². The van der Waals surface area contributed by atoms with Crippen molar-refractivity contribution in [3.05, 3.63) is 43.0 Å². The van der Waals surface area contributed by atoms with Crippen LogP contribution in [0.5, 0.6) is 0 Å². The Morgan fingerprint density at radius 2 is 2.16 bits per heavy atom. The number of fused-ring (bicyclic) bond motifs is 2. The number of aromatic nitrogens is 5. The minimum atomic E-state index is 0.380. The summed E-state index contributed by atoms with van der Waals surface area (Å²) >= 11 is 0. The number of H-pyrrole nitrogens is 1. The topological polar surface area (TPSA) is 80.1 Å². The van der Waals surface area contributed by atoms with Crippen molar-refractivity contribution >= 4 is 22.5 Å². The first-order valence-corrected chi connectivity index (χ1v) is 8.49. The van der Waals surface area contributed by atoms with Crippen molar-refractivity contribution in [3.8, 4) is 11.1 Å². The lowest BCUT2D eigenvalue weighted by Gasteiger charge is -2.22. The number of ether oxygens (including phenoxy) is 1. The Hall–Kier alpha value is -2.93. The quantitative estimate of drug-likeness (QED) is 0.602. The number of hydrogen-bond acceptors (Lipinski definition) is 5. The van der Waals surface area contributed by atoms with Crippen molar-refractivity contribution in [2.45, 2.75) is 18.9 Å². The van der Waals surface area contributed by atoms with Crippen LogP contribution in [0, 0.1) is 0 Å². The minimum absolute atomic E-state index is 0.380. The van der Waals surface area contributed by atoms with Crippen LogP contribution in [0.15, 0.2) is 43.0 Å². The predicted octanol–water partition coefficient (Wildman–Crippen LogP) is 2.86. The predicted molar refractivity (Wildman–Crippen MR) is 95.5 cm³/mol. The molecule has 0 saturated carbocycles. The van der Waals surface area contributed by atoms with Crippen molar-refractivity contribution in [1.29, 1.82) is 0 Å². The second-order valence-corrected chi connectivity index (χ2v) is 6.31. The lowest BCUT2D eigenvalue weighted by atomic mass is 10.1. The molecule has 0 aromatic carbocycles. The van der Waals surface area contributed by atoms with Crippen LogP contribution in [-0.2, 0) is 4.74 Å². The van der Waals surface area contributed by atoms with E-state index in [-0.39, 0.29) is 0 Å². The molecule has 0 amide bonds. The monoisotopic (exact) mass is 334 g/mol. The highest BCUT2D eigenvalue weighted by Crippen LogP contribution is 2.28. The van der Waals surface area contributed by atoms with E-state index >= 15 is 0 Å². The SMILES string of the molecule is c1cc2cc(-c3c[nH]c4nc(NC5CCOCC5)ncc34)ccn2n1. The average Bonchev–Trinajstić information content (AvgIpc) is 3.28. The first kappa shape index (κ1) is 14.4. The molecule has 4 aromatic rings. The van der Waals surface area contributed by atoms with Crippen molar-refractivity contribution in [2.24, 2.45) is 0 Å². The Kier molecular flexibility index (Phi) is 3.38. The fourth-order valence-corrected chi connectivity index (χ4v) is 3.33. The fraction of sp³-hybridized carbons (Fsp3) is 0.278. The molecule has 2 N–H and O–H groups in total. The Bertz CT molecular complexity index is 1030. The van der Waals surface area contributed by atoms with Crippen molar-refractivity contribution < 1.29 is 4.74 Å². The van der Waals surface area contributed by atoms with Gasteiger partial charge in [0.1, 0.15) is 5.65 Å². The van der Waals surface area contributed by atoms with E-state index in [1.165, 1.54) is 0 Å². The van der Waals surface area contributed by atoms with Gasteiger partial charge in [-0.2, -0.15) is 10.1 Å². The van der Waals surface area contributed by atoms with Gasteiger partial charge < -0.3 is 15.0 Å². The van der Waals surface area contributed by atoms with E-state index in [9.17, 15) is 0 Å². The molecule has 1 aliphatic heterocycles. The van der Waals surface area contributed by atoms with Gasteiger partial charge in [-0.1, -0.05) is 0 Å². The second kappa shape index (κ2) is 5.86. The molecule has 7 heteroatoms. The minimum Gasteiger partial charge on any atom is -0.381 e. The molecule has 0 bridgehead atoms. The zero-order valence-electron chi connectivity index (χ0n) is 13.6. The summed E-state index contributed by atoms with van der Waals surface area (Å²) in [7, 11) is 0. The van der Waals surface area contributed by atoms with Gasteiger partial charge in [0.15, 0.2) is 0 Å². The Balaban J connectivity index is 1.48. The summed E-state index contributed by atoms with van der Waals surface area (Å²) in [5, 5.41) is 8.66. The van der Waals surface area contributed by atoms with Gasteiger partial charge in [-0.25, -0.2) is 9.50 Å². The first-order chi connectivity index (χ1) is 12.4. The van der Waals surface area contributed by atoms with Crippen LogP contribution >= 0.6 is 0 Å². The number of aromatic amines is 1. The molecule has 0 atom stereocenters. The van der Waals surface area contributed by atoms with Crippen molar-refractivity contribution in [3.63, 3.8) is 0 Å². The highest BCUT2D eigenvalue weighted by atomic mass is 16.5. The maximum Gasteiger partial charge on any atom is 0.224 e. The molecular formula is C18H18N6O. The highest BCUT2D eigenvalue weighted by molar-refractivity contribution is 5.94. The van der Waals surface area contributed by atoms with E-state index in [4.69, 9.17) is 4.74 Å². The van der Waals surface area contributed by atoms with Gasteiger partial charge in [-0.3, -0.25) is 0 Å². The summed E-state index contributed by atoms with van der Waals surface area (Å²) in [6, 6.07) is 6.54. The molecule has 0 aliphatic carbocycles. The molecule has 1 saturated heterocycles.